The zero-order valence-electron chi connectivity index (χ0n) is 9.43. The van der Waals surface area contributed by atoms with Gasteiger partial charge in [-0.1, -0.05) is 5.16 Å². The average molecular weight is 240 g/mol. The Labute approximate surface area is 99.5 Å². The van der Waals surface area contributed by atoms with E-state index in [9.17, 15) is 0 Å². The predicted molar refractivity (Wildman–Crippen MR) is 66.3 cm³/mol. The monoisotopic (exact) mass is 240 g/mol. The number of benzene rings is 1. The molecule has 1 rings (SSSR count). The number of aryl methyl sites for hydroxylation is 1. The summed E-state index contributed by atoms with van der Waals surface area (Å²) in [6.07, 6.45) is 0. The molecule has 0 bridgehead atoms. The summed E-state index contributed by atoms with van der Waals surface area (Å²) in [7, 11) is 1.69. The van der Waals surface area contributed by atoms with Gasteiger partial charge in [0.2, 0.25) is 0 Å². The zero-order chi connectivity index (χ0) is 12.0. The molecule has 0 saturated carbocycles. The van der Waals surface area contributed by atoms with Crippen LogP contribution in [-0.2, 0) is 4.74 Å². The molecule has 0 amide bonds. The van der Waals surface area contributed by atoms with E-state index >= 15 is 0 Å². The molecule has 0 fully saturated rings. The Hall–Kier alpha value is -1.20. The molecular weight excluding hydrogens is 224 g/mol. The van der Waals surface area contributed by atoms with Gasteiger partial charge >= 0.3 is 0 Å². The normalized spacial score (nSPS) is 11.8. The van der Waals surface area contributed by atoms with Gasteiger partial charge in [-0.3, -0.25) is 0 Å². The molecule has 0 aliphatic heterocycles. The van der Waals surface area contributed by atoms with Crippen LogP contribution in [0, 0.1) is 6.92 Å². The van der Waals surface area contributed by atoms with E-state index in [2.05, 4.69) is 5.16 Å². The fourth-order valence-electron chi connectivity index (χ4n) is 1.31. The lowest BCUT2D eigenvalue weighted by Gasteiger charge is -2.06. The minimum atomic E-state index is 0.144. The topological polar surface area (TPSA) is 67.8 Å². The summed E-state index contributed by atoms with van der Waals surface area (Å²) in [5, 5.41) is 11.6. The van der Waals surface area contributed by atoms with E-state index in [-0.39, 0.29) is 5.84 Å². The number of hydrogen-bond donors (Lipinski definition) is 2. The maximum absolute atomic E-state index is 8.60. The third kappa shape index (κ3) is 3.43. The first-order valence-electron chi connectivity index (χ1n) is 4.89. The highest BCUT2D eigenvalue weighted by Gasteiger charge is 2.04. The lowest BCUT2D eigenvalue weighted by atomic mass is 10.1. The van der Waals surface area contributed by atoms with Crippen molar-refractivity contribution >= 4 is 17.6 Å². The van der Waals surface area contributed by atoms with Crippen LogP contribution in [-0.4, -0.2) is 30.5 Å². The second-order valence-electron chi connectivity index (χ2n) is 3.30. The Morgan fingerprint density at radius 3 is 2.88 bits per heavy atom. The Balaban J connectivity index is 2.75. The summed E-state index contributed by atoms with van der Waals surface area (Å²) < 4.78 is 4.98. The van der Waals surface area contributed by atoms with Crippen LogP contribution in [0.3, 0.4) is 0 Å². The number of nitrogens with two attached hydrogens (primary N) is 1. The smallest absolute Gasteiger partial charge is 0.170 e. The summed E-state index contributed by atoms with van der Waals surface area (Å²) in [5.74, 6) is 1.06. The van der Waals surface area contributed by atoms with Crippen molar-refractivity contribution in [1.82, 2.24) is 0 Å². The van der Waals surface area contributed by atoms with Crippen LogP contribution in [0.15, 0.2) is 28.3 Å². The largest absolute Gasteiger partial charge is 0.409 e. The maximum atomic E-state index is 8.60. The van der Waals surface area contributed by atoms with Gasteiger partial charge in [0.05, 0.1) is 6.61 Å². The van der Waals surface area contributed by atoms with Crippen molar-refractivity contribution in [3.05, 3.63) is 29.3 Å². The number of nitrogens with zero attached hydrogens (tertiary/aromatic N) is 1. The van der Waals surface area contributed by atoms with Crippen LogP contribution in [0.4, 0.5) is 0 Å². The number of amidine groups is 1. The van der Waals surface area contributed by atoms with Gasteiger partial charge in [-0.2, -0.15) is 0 Å². The summed E-state index contributed by atoms with van der Waals surface area (Å²) in [4.78, 5) is 1.16. The second kappa shape index (κ2) is 6.40. The maximum Gasteiger partial charge on any atom is 0.170 e. The molecule has 0 unspecified atom stereocenters. The number of methoxy groups -OCH3 is 1. The SMILES string of the molecule is COCCSc1ccc(/C(N)=N/O)c(C)c1. The molecule has 0 aromatic heterocycles. The third-order valence-corrected chi connectivity index (χ3v) is 3.10. The second-order valence-corrected chi connectivity index (χ2v) is 4.47. The van der Waals surface area contributed by atoms with Crippen LogP contribution in [0.5, 0.6) is 0 Å². The Morgan fingerprint density at radius 2 is 2.31 bits per heavy atom. The molecule has 0 atom stereocenters. The van der Waals surface area contributed by atoms with Gasteiger partial charge in [0.1, 0.15) is 0 Å². The first-order chi connectivity index (χ1) is 7.69. The molecule has 16 heavy (non-hydrogen) atoms. The van der Waals surface area contributed by atoms with E-state index in [1.807, 2.05) is 25.1 Å². The molecule has 1 aromatic carbocycles. The lowest BCUT2D eigenvalue weighted by molar-refractivity contribution is 0.218. The van der Waals surface area contributed by atoms with Gasteiger partial charge in [0.15, 0.2) is 5.84 Å². The third-order valence-electron chi connectivity index (χ3n) is 2.14. The van der Waals surface area contributed by atoms with Crippen LogP contribution >= 0.6 is 11.8 Å². The van der Waals surface area contributed by atoms with E-state index in [1.54, 1.807) is 18.9 Å². The quantitative estimate of drug-likeness (QED) is 0.206. The molecule has 0 aliphatic carbocycles. The number of hydrogen-bond acceptors (Lipinski definition) is 4. The molecule has 88 valence electrons. The highest BCUT2D eigenvalue weighted by atomic mass is 32.2. The molecule has 0 aliphatic rings. The Bertz CT molecular complexity index is 380. The fourth-order valence-corrected chi connectivity index (χ4v) is 2.22. The van der Waals surface area contributed by atoms with Crippen molar-refractivity contribution in [2.45, 2.75) is 11.8 Å². The highest BCUT2D eigenvalue weighted by Crippen LogP contribution is 2.21. The molecule has 0 saturated heterocycles. The molecule has 3 N–H and O–H groups in total. The summed E-state index contributed by atoms with van der Waals surface area (Å²) >= 11 is 1.72. The van der Waals surface area contributed by atoms with Gasteiger partial charge in [0.25, 0.3) is 0 Å². The molecule has 4 nitrogen and oxygen atoms in total. The van der Waals surface area contributed by atoms with Crippen molar-refractivity contribution < 1.29 is 9.94 Å². The number of oxime groups is 1. The van der Waals surface area contributed by atoms with E-state index in [0.29, 0.717) is 0 Å². The van der Waals surface area contributed by atoms with Gasteiger partial charge in [0, 0.05) is 23.3 Å². The van der Waals surface area contributed by atoms with Gasteiger partial charge in [-0.05, 0) is 30.7 Å². The van der Waals surface area contributed by atoms with Crippen LogP contribution in [0.1, 0.15) is 11.1 Å². The van der Waals surface area contributed by atoms with E-state index in [0.717, 1.165) is 28.4 Å². The van der Waals surface area contributed by atoms with E-state index in [1.165, 1.54) is 0 Å². The van der Waals surface area contributed by atoms with Crippen molar-refractivity contribution in [1.29, 1.82) is 0 Å². The van der Waals surface area contributed by atoms with Crippen molar-refractivity contribution in [3.8, 4) is 0 Å². The summed E-state index contributed by atoms with van der Waals surface area (Å²) in [6, 6.07) is 5.84. The van der Waals surface area contributed by atoms with Crippen molar-refractivity contribution in [3.63, 3.8) is 0 Å². The zero-order valence-corrected chi connectivity index (χ0v) is 10.3. The average Bonchev–Trinajstić information content (AvgIpc) is 2.29. The van der Waals surface area contributed by atoms with Gasteiger partial charge < -0.3 is 15.7 Å². The Morgan fingerprint density at radius 1 is 1.56 bits per heavy atom. The summed E-state index contributed by atoms with van der Waals surface area (Å²) in [6.45, 7) is 2.67. The first kappa shape index (κ1) is 12.9. The molecule has 0 spiro atoms. The summed E-state index contributed by atoms with van der Waals surface area (Å²) in [5.41, 5.74) is 7.30. The van der Waals surface area contributed by atoms with Gasteiger partial charge in [-0.25, -0.2) is 0 Å². The Kier molecular flexibility index (Phi) is 5.14. The van der Waals surface area contributed by atoms with Crippen LogP contribution in [0.2, 0.25) is 0 Å². The molecule has 1 aromatic rings. The van der Waals surface area contributed by atoms with E-state index < -0.39 is 0 Å². The number of rotatable bonds is 5. The minimum absolute atomic E-state index is 0.144. The van der Waals surface area contributed by atoms with Crippen LogP contribution in [0.25, 0.3) is 0 Å². The standard InChI is InChI=1S/C11H16N2O2S/c1-8-7-9(16-6-5-15-2)3-4-10(8)11(12)13-14/h3-4,7,14H,5-6H2,1-2H3,(H2,12,13). The first-order valence-corrected chi connectivity index (χ1v) is 5.88. The molecule has 5 heteroatoms. The fraction of sp³-hybridized carbons (Fsp3) is 0.364. The van der Waals surface area contributed by atoms with E-state index in [4.69, 9.17) is 15.7 Å². The molecule has 0 heterocycles. The minimum Gasteiger partial charge on any atom is -0.409 e. The molecular formula is C11H16N2O2S. The van der Waals surface area contributed by atoms with Crippen molar-refractivity contribution in [2.75, 3.05) is 19.5 Å². The van der Waals surface area contributed by atoms with Crippen molar-refractivity contribution in [2.24, 2.45) is 10.9 Å². The van der Waals surface area contributed by atoms with Crippen LogP contribution < -0.4 is 5.73 Å². The highest BCUT2D eigenvalue weighted by molar-refractivity contribution is 7.99. The number of ether oxygens (including phenoxy) is 1. The number of thioether (sulfide) groups is 1. The van der Waals surface area contributed by atoms with Gasteiger partial charge in [-0.15, -0.1) is 11.8 Å². The molecule has 0 radical (unpaired) electrons. The predicted octanol–water partition coefficient (Wildman–Crippen LogP) is 1.83. The lowest BCUT2D eigenvalue weighted by Crippen LogP contribution is -2.14.